The van der Waals surface area contributed by atoms with Crippen LogP contribution >= 0.6 is 0 Å². The minimum Gasteiger partial charge on any atom is -0.479 e. The lowest BCUT2D eigenvalue weighted by Gasteiger charge is -2.08. The van der Waals surface area contributed by atoms with E-state index in [1.54, 1.807) is 18.2 Å². The van der Waals surface area contributed by atoms with Crippen molar-refractivity contribution in [3.63, 3.8) is 0 Å². The molecule has 0 bridgehead atoms. The first-order valence-corrected chi connectivity index (χ1v) is 7.36. The van der Waals surface area contributed by atoms with Crippen molar-refractivity contribution in [2.75, 3.05) is 6.54 Å². The molecule has 0 unspecified atom stereocenters. The fourth-order valence-electron chi connectivity index (χ4n) is 1.48. The number of aliphatic carboxylic acids is 1. The first-order valence-electron chi connectivity index (χ1n) is 5.71. The minimum atomic E-state index is -3.64. The Morgan fingerprint density at radius 2 is 2.15 bits per heavy atom. The Bertz CT molecular complexity index is 621. The monoisotopic (exact) mass is 298 g/mol. The summed E-state index contributed by atoms with van der Waals surface area (Å²) in [6, 6.07) is 8.09. The molecule has 0 saturated carbocycles. The lowest BCUT2D eigenvalue weighted by molar-refractivity contribution is -0.146. The van der Waals surface area contributed by atoms with Crippen molar-refractivity contribution in [3.8, 4) is 6.07 Å². The number of rotatable bonds is 7. The molecular weight excluding hydrogens is 284 g/mol. The Morgan fingerprint density at radius 1 is 1.45 bits per heavy atom. The molecule has 1 rings (SSSR count). The average Bonchev–Trinajstić information content (AvgIpc) is 2.37. The second kappa shape index (κ2) is 7.00. The second-order valence-electron chi connectivity index (χ2n) is 4.11. The lowest BCUT2D eigenvalue weighted by Crippen LogP contribution is -2.30. The summed E-state index contributed by atoms with van der Waals surface area (Å²) < 4.78 is 25.7. The number of hydrogen-bond acceptors (Lipinski definition) is 5. The van der Waals surface area contributed by atoms with E-state index < -0.39 is 22.1 Å². The van der Waals surface area contributed by atoms with Gasteiger partial charge in [0.15, 0.2) is 6.10 Å². The van der Waals surface area contributed by atoms with Crippen molar-refractivity contribution in [1.82, 2.24) is 4.72 Å². The van der Waals surface area contributed by atoms with Gasteiger partial charge in [0.05, 0.1) is 17.4 Å². The van der Waals surface area contributed by atoms with Crippen molar-refractivity contribution in [2.24, 2.45) is 0 Å². The van der Waals surface area contributed by atoms with Crippen LogP contribution in [0.15, 0.2) is 24.3 Å². The van der Waals surface area contributed by atoms with Crippen LogP contribution in [0.1, 0.15) is 17.5 Å². The van der Waals surface area contributed by atoms with E-state index in [9.17, 15) is 13.2 Å². The van der Waals surface area contributed by atoms with Crippen LogP contribution in [-0.4, -0.2) is 37.2 Å². The Balaban J connectivity index is 2.57. The number of hydrogen-bond donors (Lipinski definition) is 3. The van der Waals surface area contributed by atoms with E-state index in [2.05, 4.69) is 4.72 Å². The van der Waals surface area contributed by atoms with Gasteiger partial charge in [-0.1, -0.05) is 12.1 Å². The molecule has 3 N–H and O–H groups in total. The number of benzene rings is 1. The molecule has 0 spiro atoms. The van der Waals surface area contributed by atoms with Gasteiger partial charge in [-0.25, -0.2) is 17.9 Å². The zero-order chi connectivity index (χ0) is 15.2. The average molecular weight is 298 g/mol. The van der Waals surface area contributed by atoms with Crippen molar-refractivity contribution in [1.29, 1.82) is 5.26 Å². The van der Waals surface area contributed by atoms with Gasteiger partial charge >= 0.3 is 5.97 Å². The molecule has 0 saturated heterocycles. The summed E-state index contributed by atoms with van der Waals surface area (Å²) >= 11 is 0. The zero-order valence-electron chi connectivity index (χ0n) is 10.5. The van der Waals surface area contributed by atoms with Crippen LogP contribution in [0.4, 0.5) is 0 Å². The number of nitrogens with zero attached hydrogens (tertiary/aromatic N) is 1. The molecule has 7 nitrogen and oxygen atoms in total. The van der Waals surface area contributed by atoms with Crippen molar-refractivity contribution < 1.29 is 23.4 Å². The molecule has 0 radical (unpaired) electrons. The molecule has 8 heteroatoms. The molecule has 0 aliphatic rings. The predicted octanol–water partition coefficient (Wildman–Crippen LogP) is -0.187. The number of carbonyl (C=O) groups is 1. The van der Waals surface area contributed by atoms with E-state index in [4.69, 9.17) is 15.5 Å². The normalized spacial score (nSPS) is 12.6. The van der Waals surface area contributed by atoms with Crippen LogP contribution in [0.2, 0.25) is 0 Å². The number of aliphatic hydroxyl groups is 1. The maximum atomic E-state index is 11.7. The highest BCUT2D eigenvalue weighted by Crippen LogP contribution is 2.08. The van der Waals surface area contributed by atoms with Gasteiger partial charge in [0, 0.05) is 6.54 Å². The Hall–Kier alpha value is -1.95. The minimum absolute atomic E-state index is 0.173. The molecule has 0 aromatic heterocycles. The first-order chi connectivity index (χ1) is 9.34. The number of carboxylic acids is 1. The molecule has 1 aromatic carbocycles. The highest BCUT2D eigenvalue weighted by molar-refractivity contribution is 7.88. The maximum absolute atomic E-state index is 11.7. The van der Waals surface area contributed by atoms with E-state index >= 15 is 0 Å². The fraction of sp³-hybridized carbons (Fsp3) is 0.333. The topological polar surface area (TPSA) is 127 Å². The predicted molar refractivity (Wildman–Crippen MR) is 70.0 cm³/mol. The van der Waals surface area contributed by atoms with Gasteiger partial charge in [-0.15, -0.1) is 0 Å². The van der Waals surface area contributed by atoms with Gasteiger partial charge in [-0.05, 0) is 24.1 Å². The molecule has 0 aliphatic heterocycles. The van der Waals surface area contributed by atoms with E-state index in [1.165, 1.54) is 6.07 Å². The number of aliphatic hydroxyl groups excluding tert-OH is 1. The first kappa shape index (κ1) is 16.1. The molecule has 0 aliphatic carbocycles. The van der Waals surface area contributed by atoms with Crippen molar-refractivity contribution in [3.05, 3.63) is 35.4 Å². The summed E-state index contributed by atoms with van der Waals surface area (Å²) in [5.74, 6) is -1.71. The van der Waals surface area contributed by atoms with Crippen LogP contribution in [0.5, 0.6) is 0 Å². The molecule has 1 atom stereocenters. The van der Waals surface area contributed by atoms with E-state index in [0.717, 1.165) is 0 Å². The summed E-state index contributed by atoms with van der Waals surface area (Å²) in [5, 5.41) is 26.2. The van der Waals surface area contributed by atoms with Crippen molar-refractivity contribution in [2.45, 2.75) is 18.3 Å². The summed E-state index contributed by atoms with van der Waals surface area (Å²) in [4.78, 5) is 10.4. The number of nitrogens with one attached hydrogen (secondary N) is 1. The SMILES string of the molecule is N#Cc1cccc(CS(=O)(=O)NCC[C@H](O)C(=O)O)c1. The Kier molecular flexibility index (Phi) is 5.64. The van der Waals surface area contributed by atoms with Crippen LogP contribution < -0.4 is 4.72 Å². The van der Waals surface area contributed by atoms with Gasteiger partial charge in [0.1, 0.15) is 0 Å². The molecule has 20 heavy (non-hydrogen) atoms. The largest absolute Gasteiger partial charge is 0.479 e. The highest BCUT2D eigenvalue weighted by Gasteiger charge is 2.16. The van der Waals surface area contributed by atoms with Crippen LogP contribution in [0, 0.1) is 11.3 Å². The van der Waals surface area contributed by atoms with E-state index in [0.29, 0.717) is 11.1 Å². The van der Waals surface area contributed by atoms with Gasteiger partial charge in [-0.3, -0.25) is 0 Å². The quantitative estimate of drug-likeness (QED) is 0.640. The fourth-order valence-corrected chi connectivity index (χ4v) is 2.63. The Labute approximate surface area is 116 Å². The van der Waals surface area contributed by atoms with Crippen molar-refractivity contribution >= 4 is 16.0 Å². The maximum Gasteiger partial charge on any atom is 0.332 e. The standard InChI is InChI=1S/C12H14N2O5S/c13-7-9-2-1-3-10(6-9)8-20(18,19)14-5-4-11(15)12(16)17/h1-3,6,11,14-15H,4-5,8H2,(H,16,17)/t11-/m0/s1. The summed E-state index contributed by atoms with van der Waals surface area (Å²) in [6.45, 7) is -0.173. The smallest absolute Gasteiger partial charge is 0.332 e. The van der Waals surface area contributed by atoms with Gasteiger partial charge in [0.2, 0.25) is 10.0 Å². The highest BCUT2D eigenvalue weighted by atomic mass is 32.2. The molecule has 1 aromatic rings. The number of sulfonamides is 1. The summed E-state index contributed by atoms with van der Waals surface area (Å²) in [5.41, 5.74) is 0.814. The molecule has 108 valence electrons. The third-order valence-corrected chi connectivity index (χ3v) is 3.79. The van der Waals surface area contributed by atoms with Crippen LogP contribution in [-0.2, 0) is 20.6 Å². The van der Waals surface area contributed by atoms with E-state index in [1.807, 2.05) is 6.07 Å². The third kappa shape index (κ3) is 5.36. The third-order valence-electron chi connectivity index (χ3n) is 2.44. The van der Waals surface area contributed by atoms with Crippen LogP contribution in [0.25, 0.3) is 0 Å². The van der Waals surface area contributed by atoms with E-state index in [-0.39, 0.29) is 18.7 Å². The van der Waals surface area contributed by atoms with Gasteiger partial charge in [-0.2, -0.15) is 5.26 Å². The molecule has 0 amide bonds. The second-order valence-corrected chi connectivity index (χ2v) is 5.92. The number of carboxylic acid groups (broad SMARTS) is 1. The molecular formula is C12H14N2O5S. The molecule has 0 heterocycles. The summed E-state index contributed by atoms with van der Waals surface area (Å²) in [6.07, 6.45) is -1.81. The van der Waals surface area contributed by atoms with Gasteiger partial charge in [0.25, 0.3) is 0 Å². The van der Waals surface area contributed by atoms with Crippen LogP contribution in [0.3, 0.4) is 0 Å². The Morgan fingerprint density at radius 3 is 2.75 bits per heavy atom. The zero-order valence-corrected chi connectivity index (χ0v) is 11.3. The van der Waals surface area contributed by atoms with Gasteiger partial charge < -0.3 is 10.2 Å². The lowest BCUT2D eigenvalue weighted by atomic mass is 10.2. The number of nitriles is 1. The summed E-state index contributed by atoms with van der Waals surface area (Å²) in [7, 11) is -3.64. The molecule has 0 fully saturated rings.